The lowest BCUT2D eigenvalue weighted by Crippen LogP contribution is -2.67. The molecule has 0 radical (unpaired) electrons. The van der Waals surface area contributed by atoms with E-state index in [2.05, 4.69) is 6.92 Å². The predicted molar refractivity (Wildman–Crippen MR) is 103 cm³/mol. The van der Waals surface area contributed by atoms with Gasteiger partial charge in [-0.05, 0) is 86.0 Å². The molecule has 6 unspecified atom stereocenters. The van der Waals surface area contributed by atoms with E-state index < -0.39 is 17.1 Å². The second-order valence-corrected chi connectivity index (χ2v) is 10.8. The molecule has 156 valence electrons. The van der Waals surface area contributed by atoms with Crippen molar-refractivity contribution in [3.63, 3.8) is 0 Å². The Morgan fingerprint density at radius 1 is 1.04 bits per heavy atom. The predicted octanol–water partition coefficient (Wildman–Crippen LogP) is 2.58. The molecule has 0 aromatic rings. The summed E-state index contributed by atoms with van der Waals surface area (Å²) >= 11 is 0. The molecule has 4 fully saturated rings. The van der Waals surface area contributed by atoms with Crippen LogP contribution in [0.3, 0.4) is 0 Å². The summed E-state index contributed by atoms with van der Waals surface area (Å²) in [6.45, 7) is 4.69. The number of hydrogen-bond acceptors (Lipinski definition) is 5. The maximum atomic E-state index is 12.1. The molecule has 0 bridgehead atoms. The molecule has 5 aliphatic rings. The van der Waals surface area contributed by atoms with Gasteiger partial charge in [0.15, 0.2) is 0 Å². The van der Waals surface area contributed by atoms with E-state index in [0.29, 0.717) is 31.3 Å². The van der Waals surface area contributed by atoms with Crippen LogP contribution in [0.15, 0.2) is 11.6 Å². The molecule has 5 heteroatoms. The third-order valence-electron chi connectivity index (χ3n) is 10.0. The molecular weight excluding hydrogens is 356 g/mol. The Labute approximate surface area is 167 Å². The van der Waals surface area contributed by atoms with Crippen molar-refractivity contribution in [1.82, 2.24) is 0 Å². The lowest BCUT2D eigenvalue weighted by Gasteiger charge is -2.64. The van der Waals surface area contributed by atoms with Crippen LogP contribution in [0.2, 0.25) is 0 Å². The Morgan fingerprint density at radius 2 is 1.82 bits per heavy atom. The van der Waals surface area contributed by atoms with E-state index in [1.54, 1.807) is 6.08 Å². The molecule has 4 saturated carbocycles. The minimum absolute atomic E-state index is 0.00129. The number of carbonyl (C=O) groups is 1. The summed E-state index contributed by atoms with van der Waals surface area (Å²) < 4.78 is 5.16. The molecule has 0 spiro atoms. The van der Waals surface area contributed by atoms with Crippen molar-refractivity contribution in [3.8, 4) is 0 Å². The number of hydrogen-bond donors (Lipinski definition) is 3. The first-order valence-corrected chi connectivity index (χ1v) is 11.2. The summed E-state index contributed by atoms with van der Waals surface area (Å²) in [6.07, 6.45) is 7.69. The van der Waals surface area contributed by atoms with Crippen LogP contribution in [-0.4, -0.2) is 45.7 Å². The molecule has 1 heterocycles. The minimum atomic E-state index is -0.906. The average Bonchev–Trinajstić information content (AvgIpc) is 3.19. The Balaban J connectivity index is 1.51. The highest BCUT2D eigenvalue weighted by atomic mass is 16.5. The van der Waals surface area contributed by atoms with E-state index in [-0.39, 0.29) is 29.3 Å². The zero-order valence-corrected chi connectivity index (χ0v) is 17.1. The van der Waals surface area contributed by atoms with Crippen LogP contribution in [-0.2, 0) is 9.53 Å². The molecule has 28 heavy (non-hydrogen) atoms. The number of rotatable bonds is 1. The summed E-state index contributed by atoms with van der Waals surface area (Å²) in [4.78, 5) is 11.6. The van der Waals surface area contributed by atoms with Crippen LogP contribution in [0.4, 0.5) is 0 Å². The van der Waals surface area contributed by atoms with Crippen LogP contribution in [0, 0.1) is 34.5 Å². The maximum Gasteiger partial charge on any atom is 0.331 e. The number of cyclic esters (lactones) is 1. The smallest absolute Gasteiger partial charge is 0.331 e. The van der Waals surface area contributed by atoms with E-state index >= 15 is 0 Å². The molecule has 0 aromatic carbocycles. The maximum absolute atomic E-state index is 12.1. The number of esters is 1. The number of aliphatic hydroxyl groups excluding tert-OH is 2. The summed E-state index contributed by atoms with van der Waals surface area (Å²) in [5.41, 5.74) is -0.507. The molecule has 9 atom stereocenters. The minimum Gasteiger partial charge on any atom is -0.458 e. The standard InChI is InChI=1S/C23H34O5/c1-21-7-5-15(24)10-14(21)3-4-17-18(21)11-19(25)22(2)16(6-8-23(17,22)27)13-9-20(26)28-12-13/h9,14-19,24-25,27H,3-8,10-12H2,1-2H3/t14?,15?,16?,17?,18?,19?,21-,22-,23-/m0/s1. The van der Waals surface area contributed by atoms with Crippen molar-refractivity contribution in [3.05, 3.63) is 11.6 Å². The Morgan fingerprint density at radius 3 is 2.54 bits per heavy atom. The van der Waals surface area contributed by atoms with Crippen molar-refractivity contribution in [2.75, 3.05) is 6.61 Å². The van der Waals surface area contributed by atoms with E-state index in [4.69, 9.17) is 4.74 Å². The second kappa shape index (κ2) is 6.05. The Bertz CT molecular complexity index is 718. The molecular formula is C23H34O5. The zero-order chi connectivity index (χ0) is 19.9. The van der Waals surface area contributed by atoms with E-state index in [1.807, 2.05) is 6.92 Å². The molecule has 0 aromatic heterocycles. The lowest BCUT2D eigenvalue weighted by molar-refractivity contribution is -0.244. The molecule has 5 rings (SSSR count). The van der Waals surface area contributed by atoms with Gasteiger partial charge in [0, 0.05) is 11.5 Å². The first kappa shape index (κ1) is 19.1. The molecule has 0 saturated heterocycles. The summed E-state index contributed by atoms with van der Waals surface area (Å²) in [6, 6.07) is 0. The molecule has 1 aliphatic heterocycles. The normalized spacial score (nSPS) is 55.8. The monoisotopic (exact) mass is 390 g/mol. The highest BCUT2D eigenvalue weighted by Gasteiger charge is 2.70. The second-order valence-electron chi connectivity index (χ2n) is 10.8. The third-order valence-corrected chi connectivity index (χ3v) is 10.0. The van der Waals surface area contributed by atoms with E-state index in [1.165, 1.54) is 0 Å². The largest absolute Gasteiger partial charge is 0.458 e. The van der Waals surface area contributed by atoms with Crippen molar-refractivity contribution < 1.29 is 24.9 Å². The Kier molecular flexibility index (Phi) is 4.12. The first-order valence-electron chi connectivity index (χ1n) is 11.2. The number of carbonyl (C=O) groups excluding carboxylic acids is 1. The topological polar surface area (TPSA) is 87.0 Å². The summed E-state index contributed by atoms with van der Waals surface area (Å²) in [5, 5.41) is 33.7. The fourth-order valence-corrected chi connectivity index (χ4v) is 8.37. The van der Waals surface area contributed by atoms with Crippen molar-refractivity contribution >= 4 is 5.97 Å². The van der Waals surface area contributed by atoms with E-state index in [0.717, 1.165) is 44.1 Å². The van der Waals surface area contributed by atoms with Gasteiger partial charge in [0.05, 0.1) is 17.8 Å². The van der Waals surface area contributed by atoms with Gasteiger partial charge in [-0.15, -0.1) is 0 Å². The van der Waals surface area contributed by atoms with Crippen molar-refractivity contribution in [2.24, 2.45) is 34.5 Å². The summed E-state index contributed by atoms with van der Waals surface area (Å²) in [7, 11) is 0. The van der Waals surface area contributed by atoms with Crippen LogP contribution >= 0.6 is 0 Å². The van der Waals surface area contributed by atoms with Gasteiger partial charge in [-0.25, -0.2) is 4.79 Å². The van der Waals surface area contributed by atoms with Gasteiger partial charge in [-0.1, -0.05) is 13.8 Å². The van der Waals surface area contributed by atoms with Crippen LogP contribution in [0.5, 0.6) is 0 Å². The highest BCUT2D eigenvalue weighted by Crippen LogP contribution is 2.69. The third kappa shape index (κ3) is 2.27. The molecule has 3 N–H and O–H groups in total. The van der Waals surface area contributed by atoms with Crippen LogP contribution in [0.1, 0.15) is 65.2 Å². The number of fused-ring (bicyclic) bond motifs is 5. The number of ether oxygens (including phenoxy) is 1. The average molecular weight is 391 g/mol. The fourth-order valence-electron chi connectivity index (χ4n) is 8.37. The quantitative estimate of drug-likeness (QED) is 0.599. The first-order chi connectivity index (χ1) is 13.2. The lowest BCUT2D eigenvalue weighted by atomic mass is 9.42. The van der Waals surface area contributed by atoms with Gasteiger partial charge < -0.3 is 20.1 Å². The zero-order valence-electron chi connectivity index (χ0n) is 17.1. The fraction of sp³-hybridized carbons (Fsp3) is 0.870. The van der Waals surface area contributed by atoms with Crippen molar-refractivity contribution in [1.29, 1.82) is 0 Å². The van der Waals surface area contributed by atoms with Crippen molar-refractivity contribution in [2.45, 2.75) is 83.0 Å². The number of aliphatic hydroxyl groups is 3. The van der Waals surface area contributed by atoms with Gasteiger partial charge in [0.1, 0.15) is 6.61 Å². The molecule has 5 nitrogen and oxygen atoms in total. The van der Waals surface area contributed by atoms with Gasteiger partial charge in [-0.2, -0.15) is 0 Å². The Hall–Kier alpha value is -0.910. The van der Waals surface area contributed by atoms with Gasteiger partial charge in [0.2, 0.25) is 0 Å². The summed E-state index contributed by atoms with van der Waals surface area (Å²) in [5.74, 6) is 0.657. The highest BCUT2D eigenvalue weighted by molar-refractivity contribution is 5.85. The van der Waals surface area contributed by atoms with Crippen LogP contribution in [0.25, 0.3) is 0 Å². The molecule has 4 aliphatic carbocycles. The van der Waals surface area contributed by atoms with E-state index in [9.17, 15) is 20.1 Å². The SMILES string of the molecule is C[C@]12CCC(O)CC1CCC1C2CC(O)[C@]2(C)C(C3=CC(=O)OC3)CC[C@]12O. The van der Waals surface area contributed by atoms with Gasteiger partial charge in [-0.3, -0.25) is 0 Å². The van der Waals surface area contributed by atoms with Gasteiger partial charge in [0.25, 0.3) is 0 Å². The van der Waals surface area contributed by atoms with Gasteiger partial charge >= 0.3 is 5.97 Å². The molecule has 0 amide bonds. The van der Waals surface area contributed by atoms with Crippen LogP contribution < -0.4 is 0 Å².